The molecule has 1 heterocycles. The average Bonchev–Trinajstić information content (AvgIpc) is 2.98. The van der Waals surface area contributed by atoms with Gasteiger partial charge in [0.2, 0.25) is 0 Å². The first-order valence-corrected chi connectivity index (χ1v) is 17.5. The molecule has 0 aliphatic heterocycles. The Balaban J connectivity index is 0.00000187. The normalized spacial score (nSPS) is 12.3. The molecular weight excluding hydrogens is 746 g/mol. The van der Waals surface area contributed by atoms with E-state index in [0.29, 0.717) is 0 Å². The maximum absolute atomic E-state index is 14.1. The van der Waals surface area contributed by atoms with Crippen LogP contribution in [-0.2, 0) is 30.4 Å². The van der Waals surface area contributed by atoms with Crippen LogP contribution >= 0.6 is 11.6 Å². The molecule has 0 unspecified atom stereocenters. The molecule has 7 rings (SSSR count). The summed E-state index contributed by atoms with van der Waals surface area (Å²) in [7, 11) is -17.8. The van der Waals surface area contributed by atoms with Crippen LogP contribution < -0.4 is 40.2 Å². The highest BCUT2D eigenvalue weighted by Gasteiger charge is 2.39. The van der Waals surface area contributed by atoms with Crippen molar-refractivity contribution in [3.63, 3.8) is 0 Å². The fourth-order valence-electron chi connectivity index (χ4n) is 6.01. The highest BCUT2D eigenvalue weighted by Crippen LogP contribution is 2.40. The number of hydrogen-bond acceptors (Lipinski definition) is 13. The summed E-state index contributed by atoms with van der Waals surface area (Å²) in [5.74, 6) is 0. The lowest BCUT2D eigenvalue weighted by molar-refractivity contribution is 0.457. The summed E-state index contributed by atoms with van der Waals surface area (Å²) in [5.41, 5.74) is -3.69. The van der Waals surface area contributed by atoms with Gasteiger partial charge in [-0.3, -0.25) is 32.8 Å². The third-order valence-corrected chi connectivity index (χ3v) is 11.3. The highest BCUT2D eigenvalue weighted by molar-refractivity contribution is 7.90. The zero-order chi connectivity index (χ0) is 34.1. The SMILES string of the molecule is N.N.N.O=c1c2ccccc2c(=O)c2c1ccc1[nH]c3c(ccc4c(=O)c5c(Cl)c(S(=O)(=O)O)c(S(=O)(=O)O)c(S(=O)(=O)O)c5c(=O)c43)[nH]c12. The minimum absolute atomic E-state index is 0. The molecule has 50 heavy (non-hydrogen) atoms. The molecule has 0 radical (unpaired) electrons. The second-order valence-corrected chi connectivity index (χ2v) is 14.9. The Bertz CT molecular complexity index is 3260. The van der Waals surface area contributed by atoms with Crippen LogP contribution in [0.3, 0.4) is 0 Å². The van der Waals surface area contributed by atoms with E-state index in [1.807, 2.05) is 0 Å². The first kappa shape index (κ1) is 37.9. The van der Waals surface area contributed by atoms with Gasteiger partial charge in [0.1, 0.15) is 14.7 Å². The van der Waals surface area contributed by atoms with Crippen LogP contribution in [0, 0.1) is 0 Å². The van der Waals surface area contributed by atoms with E-state index in [4.69, 9.17) is 11.6 Å². The molecule has 7 aromatic rings. The van der Waals surface area contributed by atoms with Gasteiger partial charge in [0.25, 0.3) is 30.4 Å². The zero-order valence-electron chi connectivity index (χ0n) is 24.8. The monoisotopic (exact) mass is 767 g/mol. The van der Waals surface area contributed by atoms with Crippen LogP contribution in [0.15, 0.2) is 82.4 Å². The fourth-order valence-corrected chi connectivity index (χ4v) is 10.1. The third-order valence-electron chi connectivity index (χ3n) is 7.83. The van der Waals surface area contributed by atoms with Crippen molar-refractivity contribution in [1.82, 2.24) is 28.4 Å². The summed E-state index contributed by atoms with van der Waals surface area (Å²) < 4.78 is 104. The second kappa shape index (κ2) is 11.8. The van der Waals surface area contributed by atoms with Gasteiger partial charge in [-0.05, 0) is 24.3 Å². The van der Waals surface area contributed by atoms with Gasteiger partial charge in [-0.1, -0.05) is 35.9 Å². The molecule has 0 saturated carbocycles. The molecule has 0 atom stereocenters. The van der Waals surface area contributed by atoms with Crippen LogP contribution in [0.25, 0.3) is 65.2 Å². The van der Waals surface area contributed by atoms with Crippen LogP contribution in [0.5, 0.6) is 0 Å². The van der Waals surface area contributed by atoms with Crippen molar-refractivity contribution in [2.24, 2.45) is 0 Å². The highest BCUT2D eigenvalue weighted by atomic mass is 35.5. The predicted octanol–water partition coefficient (Wildman–Crippen LogP) is 3.02. The van der Waals surface area contributed by atoms with Gasteiger partial charge in [0, 0.05) is 21.5 Å². The van der Waals surface area contributed by atoms with Crippen molar-refractivity contribution >= 4 is 107 Å². The maximum Gasteiger partial charge on any atom is 0.297 e. The molecular formula is C28H22ClN5O13S3. The van der Waals surface area contributed by atoms with Crippen LogP contribution in [-0.4, -0.2) is 48.9 Å². The van der Waals surface area contributed by atoms with Crippen LogP contribution in [0.2, 0.25) is 5.02 Å². The molecule has 22 heteroatoms. The lowest BCUT2D eigenvalue weighted by atomic mass is 9.99. The van der Waals surface area contributed by atoms with E-state index in [2.05, 4.69) is 9.97 Å². The van der Waals surface area contributed by atoms with Crippen molar-refractivity contribution in [2.45, 2.75) is 14.7 Å². The molecule has 18 nitrogen and oxygen atoms in total. The van der Waals surface area contributed by atoms with Crippen molar-refractivity contribution in [2.75, 3.05) is 0 Å². The summed E-state index contributed by atoms with van der Waals surface area (Å²) in [6.45, 7) is 0. The molecule has 1 aromatic heterocycles. The first-order chi connectivity index (χ1) is 21.8. The molecule has 0 bridgehead atoms. The number of nitrogens with one attached hydrogen (secondary N) is 2. The topological polar surface area (TPSA) is 368 Å². The van der Waals surface area contributed by atoms with Crippen molar-refractivity contribution < 1.29 is 38.9 Å². The molecule has 14 N–H and O–H groups in total. The standard InChI is InChI=1S/C28H13ClN2O13S3.3H3N/c29-19-17-18(26(45(36,37)38)28(47(42,43)44)27(19)46(39,40)41)25(35)16-12(24(17)34)6-8-14-21(16)31-13-7-5-11-15(20(13)30-14)23(33)10-4-2-1-3-9(10)22(11)32;;;/h1-8,30-31H,(H,36,37,38)(H,39,40,41)(H,42,43,44);3*1H3. The van der Waals surface area contributed by atoms with Gasteiger partial charge < -0.3 is 28.4 Å². The largest absolute Gasteiger partial charge is 0.351 e. The van der Waals surface area contributed by atoms with E-state index in [-0.39, 0.29) is 62.1 Å². The summed E-state index contributed by atoms with van der Waals surface area (Å²) >= 11 is 6.06. The van der Waals surface area contributed by atoms with E-state index >= 15 is 0 Å². The van der Waals surface area contributed by atoms with E-state index in [9.17, 15) is 58.1 Å². The van der Waals surface area contributed by atoms with Crippen molar-refractivity contribution in [3.05, 3.63) is 94.4 Å². The smallest absolute Gasteiger partial charge is 0.297 e. The predicted molar refractivity (Wildman–Crippen MR) is 186 cm³/mol. The zero-order valence-corrected chi connectivity index (χ0v) is 28.0. The number of fused-ring (bicyclic) bond motifs is 8. The number of rotatable bonds is 3. The molecule has 0 saturated heterocycles. The Hall–Kier alpha value is -4.94. The summed E-state index contributed by atoms with van der Waals surface area (Å²) in [5, 5.41) is -4.73. The number of halogens is 1. The molecule has 0 fully saturated rings. The third kappa shape index (κ3) is 5.11. The quantitative estimate of drug-likeness (QED) is 0.0727. The number of aromatic nitrogens is 2. The number of benzene rings is 6. The summed E-state index contributed by atoms with van der Waals surface area (Å²) in [6.07, 6.45) is 0. The van der Waals surface area contributed by atoms with E-state index in [0.717, 1.165) is 6.07 Å². The van der Waals surface area contributed by atoms with Gasteiger partial charge >= 0.3 is 0 Å². The minimum atomic E-state index is -6.02. The fraction of sp³-hybridized carbons (Fsp3) is 0. The minimum Gasteiger partial charge on any atom is -0.351 e. The first-order valence-electron chi connectivity index (χ1n) is 12.8. The van der Waals surface area contributed by atoms with Crippen molar-refractivity contribution in [3.8, 4) is 0 Å². The van der Waals surface area contributed by atoms with E-state index in [1.54, 1.807) is 12.1 Å². The Morgan fingerprint density at radius 3 is 1.32 bits per heavy atom. The van der Waals surface area contributed by atoms with Gasteiger partial charge in [-0.15, -0.1) is 0 Å². The molecule has 0 aliphatic rings. The van der Waals surface area contributed by atoms with Gasteiger partial charge in [-0.2, -0.15) is 25.3 Å². The lowest BCUT2D eigenvalue weighted by Gasteiger charge is -2.15. The second-order valence-electron chi connectivity index (χ2n) is 10.4. The molecule has 6 aromatic carbocycles. The van der Waals surface area contributed by atoms with E-state index < -0.39 is 93.3 Å². The lowest BCUT2D eigenvalue weighted by Crippen LogP contribution is -2.22. The Kier molecular flexibility index (Phi) is 8.97. The Morgan fingerprint density at radius 1 is 0.460 bits per heavy atom. The maximum atomic E-state index is 14.1. The van der Waals surface area contributed by atoms with Crippen LogP contribution in [0.1, 0.15) is 0 Å². The molecule has 262 valence electrons. The molecule has 0 aliphatic carbocycles. The number of aromatic amines is 2. The number of H-pyrrole nitrogens is 2. The van der Waals surface area contributed by atoms with E-state index in [1.165, 1.54) is 30.3 Å². The van der Waals surface area contributed by atoms with Gasteiger partial charge in [-0.25, -0.2) is 0 Å². The van der Waals surface area contributed by atoms with Gasteiger partial charge in [0.15, 0.2) is 21.7 Å². The Morgan fingerprint density at radius 2 is 0.860 bits per heavy atom. The van der Waals surface area contributed by atoms with Gasteiger partial charge in [0.05, 0.1) is 48.6 Å². The molecule has 0 amide bonds. The molecule has 0 spiro atoms. The van der Waals surface area contributed by atoms with Crippen LogP contribution in [0.4, 0.5) is 0 Å². The summed E-state index contributed by atoms with van der Waals surface area (Å²) in [4.78, 5) is 54.3. The Labute approximate surface area is 282 Å². The van der Waals surface area contributed by atoms with Crippen molar-refractivity contribution in [1.29, 1.82) is 0 Å². The average molecular weight is 768 g/mol. The number of hydrogen-bond donors (Lipinski definition) is 8. The summed E-state index contributed by atoms with van der Waals surface area (Å²) in [6, 6.07) is 11.2.